The van der Waals surface area contributed by atoms with Crippen molar-refractivity contribution in [2.75, 3.05) is 18.4 Å². The van der Waals surface area contributed by atoms with E-state index in [0.717, 1.165) is 18.5 Å². The topological polar surface area (TPSA) is 69.6 Å². The van der Waals surface area contributed by atoms with Crippen molar-refractivity contribution >= 4 is 17.7 Å². The average Bonchev–Trinajstić information content (AvgIpc) is 2.49. The van der Waals surface area contributed by atoms with E-state index in [9.17, 15) is 9.59 Å². The smallest absolute Gasteiger partial charge is 0.321 e. The molecule has 1 aliphatic rings. The van der Waals surface area contributed by atoms with Crippen LogP contribution in [0.25, 0.3) is 0 Å². The van der Waals surface area contributed by atoms with Crippen LogP contribution in [0.3, 0.4) is 0 Å². The van der Waals surface area contributed by atoms with Gasteiger partial charge in [0.15, 0.2) is 0 Å². The fraction of sp³-hybridized carbons (Fsp3) is 0.500. The van der Waals surface area contributed by atoms with Gasteiger partial charge in [-0.15, -0.1) is 0 Å². The van der Waals surface area contributed by atoms with Gasteiger partial charge in [-0.25, -0.2) is 4.79 Å². The molecule has 1 fully saturated rings. The number of aliphatic carboxylic acids is 1. The number of anilines is 1. The molecular formula is C16H22N2O3. The number of likely N-dealkylation sites (tertiary alicyclic amines) is 1. The second-order valence-electron chi connectivity index (χ2n) is 5.48. The van der Waals surface area contributed by atoms with Crippen LogP contribution in [0.15, 0.2) is 24.3 Å². The van der Waals surface area contributed by atoms with Crippen LogP contribution in [0.1, 0.15) is 31.7 Å². The van der Waals surface area contributed by atoms with E-state index in [1.165, 1.54) is 5.56 Å². The van der Waals surface area contributed by atoms with Crippen LogP contribution < -0.4 is 5.32 Å². The van der Waals surface area contributed by atoms with E-state index < -0.39 is 5.97 Å². The summed E-state index contributed by atoms with van der Waals surface area (Å²) in [6.07, 6.45) is 3.19. The number of piperidine rings is 1. The van der Waals surface area contributed by atoms with Gasteiger partial charge < -0.3 is 15.3 Å². The maximum absolute atomic E-state index is 12.1. The molecule has 1 aromatic rings. The Kier molecular flexibility index (Phi) is 5.20. The highest BCUT2D eigenvalue weighted by Crippen LogP contribution is 2.18. The number of carboxylic acid groups (broad SMARTS) is 1. The molecule has 0 saturated carbocycles. The molecule has 1 aromatic carbocycles. The molecule has 0 spiro atoms. The van der Waals surface area contributed by atoms with E-state index in [0.29, 0.717) is 25.9 Å². The summed E-state index contributed by atoms with van der Waals surface area (Å²) in [6, 6.07) is 7.72. The first-order valence-corrected chi connectivity index (χ1v) is 7.48. The highest BCUT2D eigenvalue weighted by molar-refractivity contribution is 5.89. The fourth-order valence-corrected chi connectivity index (χ4v) is 2.58. The molecule has 2 rings (SSSR count). The quantitative estimate of drug-likeness (QED) is 0.895. The standard InChI is InChI=1S/C16H22N2O3/c1-2-3-12-4-6-14(7-5-12)17-16(21)18-10-8-13(9-11-18)15(19)20/h4-7,13H,2-3,8-11H2,1H3,(H,17,21)(H,19,20). The number of urea groups is 1. The number of nitrogens with one attached hydrogen (secondary N) is 1. The van der Waals surface area contributed by atoms with Crippen LogP contribution in [-0.2, 0) is 11.2 Å². The number of hydrogen-bond donors (Lipinski definition) is 2. The third kappa shape index (κ3) is 4.21. The van der Waals surface area contributed by atoms with E-state index in [-0.39, 0.29) is 11.9 Å². The van der Waals surface area contributed by atoms with E-state index >= 15 is 0 Å². The van der Waals surface area contributed by atoms with Crippen LogP contribution in [0.2, 0.25) is 0 Å². The second kappa shape index (κ2) is 7.11. The number of amides is 2. The summed E-state index contributed by atoms with van der Waals surface area (Å²) in [5, 5.41) is 11.8. The first-order chi connectivity index (χ1) is 10.1. The summed E-state index contributed by atoms with van der Waals surface area (Å²) < 4.78 is 0. The monoisotopic (exact) mass is 290 g/mol. The molecule has 1 heterocycles. The molecule has 0 atom stereocenters. The maximum Gasteiger partial charge on any atom is 0.321 e. The molecule has 114 valence electrons. The Morgan fingerprint density at radius 2 is 1.86 bits per heavy atom. The van der Waals surface area contributed by atoms with Crippen molar-refractivity contribution in [1.82, 2.24) is 4.90 Å². The molecule has 2 N–H and O–H groups in total. The predicted molar refractivity (Wildman–Crippen MR) is 81.4 cm³/mol. The zero-order valence-corrected chi connectivity index (χ0v) is 12.3. The van der Waals surface area contributed by atoms with Gasteiger partial charge in [0.25, 0.3) is 0 Å². The summed E-state index contributed by atoms with van der Waals surface area (Å²) in [6.45, 7) is 3.13. The number of carboxylic acids is 1. The van der Waals surface area contributed by atoms with Gasteiger partial charge in [-0.3, -0.25) is 4.79 Å². The highest BCUT2D eigenvalue weighted by Gasteiger charge is 2.26. The van der Waals surface area contributed by atoms with Crippen molar-refractivity contribution in [3.05, 3.63) is 29.8 Å². The summed E-state index contributed by atoms with van der Waals surface area (Å²) >= 11 is 0. The molecule has 1 saturated heterocycles. The minimum absolute atomic E-state index is 0.151. The van der Waals surface area contributed by atoms with Crippen molar-refractivity contribution in [2.24, 2.45) is 5.92 Å². The van der Waals surface area contributed by atoms with Gasteiger partial charge in [0, 0.05) is 18.8 Å². The lowest BCUT2D eigenvalue weighted by molar-refractivity contribution is -0.143. The van der Waals surface area contributed by atoms with Crippen molar-refractivity contribution in [3.63, 3.8) is 0 Å². The van der Waals surface area contributed by atoms with Crippen LogP contribution in [0.5, 0.6) is 0 Å². The van der Waals surface area contributed by atoms with Crippen LogP contribution in [0, 0.1) is 5.92 Å². The molecule has 0 radical (unpaired) electrons. The fourth-order valence-electron chi connectivity index (χ4n) is 2.58. The molecule has 0 aromatic heterocycles. The van der Waals surface area contributed by atoms with Crippen molar-refractivity contribution < 1.29 is 14.7 Å². The Balaban J connectivity index is 1.85. The molecular weight excluding hydrogens is 268 g/mol. The first-order valence-electron chi connectivity index (χ1n) is 7.48. The summed E-state index contributed by atoms with van der Waals surface area (Å²) in [7, 11) is 0. The molecule has 21 heavy (non-hydrogen) atoms. The van der Waals surface area contributed by atoms with E-state index in [1.807, 2.05) is 24.3 Å². The lowest BCUT2D eigenvalue weighted by Gasteiger charge is -2.30. The van der Waals surface area contributed by atoms with Gasteiger partial charge >= 0.3 is 12.0 Å². The molecule has 5 nitrogen and oxygen atoms in total. The van der Waals surface area contributed by atoms with E-state index in [4.69, 9.17) is 5.11 Å². The maximum atomic E-state index is 12.1. The third-order valence-electron chi connectivity index (χ3n) is 3.88. The molecule has 2 amide bonds. The van der Waals surface area contributed by atoms with Gasteiger partial charge in [0.05, 0.1) is 5.92 Å². The SMILES string of the molecule is CCCc1ccc(NC(=O)N2CCC(C(=O)O)CC2)cc1. The number of aryl methyl sites for hydroxylation is 1. The predicted octanol–water partition coefficient (Wildman–Crippen LogP) is 2.97. The Morgan fingerprint density at radius 1 is 1.24 bits per heavy atom. The van der Waals surface area contributed by atoms with Crippen molar-refractivity contribution in [2.45, 2.75) is 32.6 Å². The molecule has 1 aliphatic heterocycles. The van der Waals surface area contributed by atoms with Gasteiger partial charge in [-0.2, -0.15) is 0 Å². The van der Waals surface area contributed by atoms with Crippen molar-refractivity contribution in [3.8, 4) is 0 Å². The zero-order valence-electron chi connectivity index (χ0n) is 12.3. The first kappa shape index (κ1) is 15.4. The average molecular weight is 290 g/mol. The normalized spacial score (nSPS) is 15.8. The molecule has 0 aliphatic carbocycles. The van der Waals surface area contributed by atoms with Crippen LogP contribution in [0.4, 0.5) is 10.5 Å². The number of carbonyl (C=O) groups excluding carboxylic acids is 1. The Bertz CT molecular complexity index is 491. The lowest BCUT2D eigenvalue weighted by Crippen LogP contribution is -2.42. The summed E-state index contributed by atoms with van der Waals surface area (Å²) in [5.41, 5.74) is 2.04. The Morgan fingerprint density at radius 3 is 2.38 bits per heavy atom. The molecule has 0 bridgehead atoms. The highest BCUT2D eigenvalue weighted by atomic mass is 16.4. The summed E-state index contributed by atoms with van der Waals surface area (Å²) in [5.74, 6) is -1.08. The third-order valence-corrected chi connectivity index (χ3v) is 3.88. The van der Waals surface area contributed by atoms with Crippen LogP contribution in [-0.4, -0.2) is 35.1 Å². The van der Waals surface area contributed by atoms with Gasteiger partial charge in [-0.05, 0) is 37.0 Å². The van der Waals surface area contributed by atoms with Gasteiger partial charge in [-0.1, -0.05) is 25.5 Å². The number of benzene rings is 1. The van der Waals surface area contributed by atoms with Gasteiger partial charge in [0.2, 0.25) is 0 Å². The number of carbonyl (C=O) groups is 2. The van der Waals surface area contributed by atoms with Crippen LogP contribution >= 0.6 is 0 Å². The second-order valence-corrected chi connectivity index (χ2v) is 5.48. The Labute approximate surface area is 125 Å². The van der Waals surface area contributed by atoms with E-state index in [2.05, 4.69) is 12.2 Å². The molecule has 0 unspecified atom stereocenters. The van der Waals surface area contributed by atoms with Crippen molar-refractivity contribution in [1.29, 1.82) is 0 Å². The zero-order chi connectivity index (χ0) is 15.2. The number of nitrogens with zero attached hydrogens (tertiary/aromatic N) is 1. The molecule has 5 heteroatoms. The number of rotatable bonds is 4. The van der Waals surface area contributed by atoms with E-state index in [1.54, 1.807) is 4.90 Å². The van der Waals surface area contributed by atoms with Gasteiger partial charge in [0.1, 0.15) is 0 Å². The number of hydrogen-bond acceptors (Lipinski definition) is 2. The minimum Gasteiger partial charge on any atom is -0.481 e. The Hall–Kier alpha value is -2.04. The lowest BCUT2D eigenvalue weighted by atomic mass is 9.97. The largest absolute Gasteiger partial charge is 0.481 e. The minimum atomic E-state index is -0.762. The summed E-state index contributed by atoms with van der Waals surface area (Å²) in [4.78, 5) is 24.7.